The van der Waals surface area contributed by atoms with Gasteiger partial charge in [0.2, 0.25) is 10.0 Å². The smallest absolute Gasteiger partial charge is 0.240 e. The van der Waals surface area contributed by atoms with E-state index in [1.165, 1.54) is 26.4 Å². The van der Waals surface area contributed by atoms with E-state index in [2.05, 4.69) is 4.72 Å². The molecular weight excluding hydrogens is 352 g/mol. The fraction of sp³-hybridized carbons (Fsp3) is 0.368. The molecule has 0 aromatic heterocycles. The van der Waals surface area contributed by atoms with Gasteiger partial charge >= 0.3 is 0 Å². The standard InChI is InChI=1S/C19H26N2O4S/c1-21(2)16(12-15-8-6-5-7-9-15)14-20-26(22,23)17-10-11-18(24-3)19(13-17)25-4/h5-11,13,16,20H,12,14H2,1-4H3. The van der Waals surface area contributed by atoms with Crippen molar-refractivity contribution in [2.45, 2.75) is 17.4 Å². The van der Waals surface area contributed by atoms with E-state index in [0.29, 0.717) is 18.0 Å². The van der Waals surface area contributed by atoms with E-state index >= 15 is 0 Å². The molecule has 0 bridgehead atoms. The fourth-order valence-electron chi connectivity index (χ4n) is 2.60. The van der Waals surface area contributed by atoms with E-state index < -0.39 is 10.0 Å². The van der Waals surface area contributed by atoms with Gasteiger partial charge in [0.05, 0.1) is 19.1 Å². The molecule has 0 radical (unpaired) electrons. The molecule has 0 fully saturated rings. The molecule has 1 unspecified atom stereocenters. The van der Waals surface area contributed by atoms with Crippen LogP contribution in [0.2, 0.25) is 0 Å². The molecule has 0 aliphatic rings. The first-order valence-electron chi connectivity index (χ1n) is 8.29. The third-order valence-corrected chi connectivity index (χ3v) is 5.64. The van der Waals surface area contributed by atoms with Crippen LogP contribution < -0.4 is 14.2 Å². The molecule has 2 aromatic rings. The minimum absolute atomic E-state index is 0.0346. The van der Waals surface area contributed by atoms with E-state index in [-0.39, 0.29) is 10.9 Å². The average Bonchev–Trinajstić information content (AvgIpc) is 2.65. The fourth-order valence-corrected chi connectivity index (χ4v) is 3.68. The Hall–Kier alpha value is -2.09. The van der Waals surface area contributed by atoms with Crippen LogP contribution >= 0.6 is 0 Å². The molecule has 0 heterocycles. The van der Waals surface area contributed by atoms with Gasteiger partial charge in [-0.25, -0.2) is 13.1 Å². The number of ether oxygens (including phenoxy) is 2. The van der Waals surface area contributed by atoms with Gasteiger partial charge in [0.15, 0.2) is 11.5 Å². The van der Waals surface area contributed by atoms with Crippen molar-refractivity contribution in [2.24, 2.45) is 0 Å². The molecule has 0 aliphatic carbocycles. The topological polar surface area (TPSA) is 67.9 Å². The van der Waals surface area contributed by atoms with Crippen molar-refractivity contribution in [1.29, 1.82) is 0 Å². The lowest BCUT2D eigenvalue weighted by atomic mass is 10.1. The molecule has 0 saturated carbocycles. The lowest BCUT2D eigenvalue weighted by molar-refractivity contribution is 0.291. The second-order valence-corrected chi connectivity index (χ2v) is 7.94. The monoisotopic (exact) mass is 378 g/mol. The number of hydrogen-bond donors (Lipinski definition) is 1. The maximum absolute atomic E-state index is 12.7. The Labute approximate surface area is 155 Å². The number of nitrogens with one attached hydrogen (secondary N) is 1. The molecule has 6 nitrogen and oxygen atoms in total. The number of methoxy groups -OCH3 is 2. The summed E-state index contributed by atoms with van der Waals surface area (Å²) in [5.41, 5.74) is 1.16. The van der Waals surface area contributed by atoms with Crippen molar-refractivity contribution in [1.82, 2.24) is 9.62 Å². The molecule has 2 rings (SSSR count). The predicted molar refractivity (Wildman–Crippen MR) is 102 cm³/mol. The molecule has 0 spiro atoms. The van der Waals surface area contributed by atoms with E-state index in [1.54, 1.807) is 6.07 Å². The highest BCUT2D eigenvalue weighted by molar-refractivity contribution is 7.89. The van der Waals surface area contributed by atoms with E-state index in [0.717, 1.165) is 12.0 Å². The summed E-state index contributed by atoms with van der Waals surface area (Å²) in [7, 11) is 3.22. The quantitative estimate of drug-likeness (QED) is 0.724. The summed E-state index contributed by atoms with van der Waals surface area (Å²) in [6.45, 7) is 0.304. The zero-order valence-corrected chi connectivity index (χ0v) is 16.4. The lowest BCUT2D eigenvalue weighted by Gasteiger charge is -2.25. The van der Waals surface area contributed by atoms with Gasteiger partial charge in [-0.15, -0.1) is 0 Å². The van der Waals surface area contributed by atoms with Gasteiger partial charge in [0.25, 0.3) is 0 Å². The second kappa shape index (κ2) is 9.02. The van der Waals surface area contributed by atoms with Crippen LogP contribution in [0.3, 0.4) is 0 Å². The summed E-state index contributed by atoms with van der Waals surface area (Å²) in [5, 5.41) is 0. The summed E-state index contributed by atoms with van der Waals surface area (Å²) in [4.78, 5) is 2.16. The van der Waals surface area contributed by atoms with Gasteiger partial charge in [0.1, 0.15) is 0 Å². The van der Waals surface area contributed by atoms with E-state index in [4.69, 9.17) is 9.47 Å². The number of sulfonamides is 1. The average molecular weight is 378 g/mol. The zero-order valence-electron chi connectivity index (χ0n) is 15.6. The molecule has 2 aromatic carbocycles. The van der Waals surface area contributed by atoms with Crippen molar-refractivity contribution in [2.75, 3.05) is 34.9 Å². The normalized spacial score (nSPS) is 12.8. The largest absolute Gasteiger partial charge is 0.493 e. The summed E-state index contributed by atoms with van der Waals surface area (Å²) in [6.07, 6.45) is 0.752. The van der Waals surface area contributed by atoms with Crippen LogP contribution in [0.1, 0.15) is 5.56 Å². The molecule has 0 saturated heterocycles. The maximum atomic E-state index is 12.7. The Kier molecular flexibility index (Phi) is 7.02. The van der Waals surface area contributed by atoms with Crippen molar-refractivity contribution in [3.63, 3.8) is 0 Å². The maximum Gasteiger partial charge on any atom is 0.240 e. The number of hydrogen-bond acceptors (Lipinski definition) is 5. The SMILES string of the molecule is COc1ccc(S(=O)(=O)NCC(Cc2ccccc2)N(C)C)cc1OC. The van der Waals surface area contributed by atoms with Gasteiger partial charge in [-0.1, -0.05) is 30.3 Å². The molecule has 142 valence electrons. The zero-order chi connectivity index (χ0) is 19.2. The Morgan fingerprint density at radius 2 is 1.65 bits per heavy atom. The molecule has 0 amide bonds. The minimum Gasteiger partial charge on any atom is -0.493 e. The summed E-state index contributed by atoms with van der Waals surface area (Å²) in [5.74, 6) is 0.866. The highest BCUT2D eigenvalue weighted by Crippen LogP contribution is 2.29. The lowest BCUT2D eigenvalue weighted by Crippen LogP contribution is -2.41. The summed E-state index contributed by atoms with van der Waals surface area (Å²) >= 11 is 0. The van der Waals surface area contributed by atoms with Gasteiger partial charge in [-0.05, 0) is 38.2 Å². The van der Waals surface area contributed by atoms with Gasteiger partial charge < -0.3 is 14.4 Å². The van der Waals surface area contributed by atoms with E-state index in [9.17, 15) is 8.42 Å². The summed E-state index contributed by atoms with van der Waals surface area (Å²) < 4.78 is 38.3. The Bertz CT molecular complexity index is 808. The third kappa shape index (κ3) is 5.20. The molecule has 1 N–H and O–H groups in total. The van der Waals surface area contributed by atoms with Crippen molar-refractivity contribution < 1.29 is 17.9 Å². The third-order valence-electron chi connectivity index (χ3n) is 4.22. The van der Waals surface area contributed by atoms with Crippen LogP contribution in [0.5, 0.6) is 11.5 Å². The highest BCUT2D eigenvalue weighted by atomic mass is 32.2. The van der Waals surface area contributed by atoms with E-state index in [1.807, 2.05) is 49.3 Å². The Morgan fingerprint density at radius 1 is 1.00 bits per heavy atom. The van der Waals surface area contributed by atoms with Gasteiger partial charge in [-0.3, -0.25) is 0 Å². The van der Waals surface area contributed by atoms with Crippen LogP contribution in [0.4, 0.5) is 0 Å². The number of nitrogens with zero attached hydrogens (tertiary/aromatic N) is 1. The van der Waals surface area contributed by atoms with Crippen LogP contribution in [0.15, 0.2) is 53.4 Å². The van der Waals surface area contributed by atoms with Crippen LogP contribution in [0.25, 0.3) is 0 Å². The molecule has 26 heavy (non-hydrogen) atoms. The van der Waals surface area contributed by atoms with Crippen LogP contribution in [0, 0.1) is 0 Å². The van der Waals surface area contributed by atoms with Gasteiger partial charge in [0, 0.05) is 18.7 Å². The van der Waals surface area contributed by atoms with Gasteiger partial charge in [-0.2, -0.15) is 0 Å². The van der Waals surface area contributed by atoms with Crippen LogP contribution in [-0.2, 0) is 16.4 Å². The first-order chi connectivity index (χ1) is 12.4. The predicted octanol–water partition coefficient (Wildman–Crippen LogP) is 2.16. The number of benzene rings is 2. The first kappa shape index (κ1) is 20.2. The van der Waals surface area contributed by atoms with Crippen molar-refractivity contribution in [3.8, 4) is 11.5 Å². The molecule has 1 atom stereocenters. The first-order valence-corrected chi connectivity index (χ1v) is 9.77. The molecule has 7 heteroatoms. The minimum atomic E-state index is -3.65. The van der Waals surface area contributed by atoms with Crippen LogP contribution in [-0.4, -0.2) is 54.2 Å². The number of likely N-dealkylation sites (N-methyl/N-ethyl adjacent to an activating group) is 1. The Morgan fingerprint density at radius 3 is 2.23 bits per heavy atom. The Balaban J connectivity index is 2.12. The van der Waals surface area contributed by atoms with Crippen molar-refractivity contribution >= 4 is 10.0 Å². The molecular formula is C19H26N2O4S. The highest BCUT2D eigenvalue weighted by Gasteiger charge is 2.20. The number of rotatable bonds is 9. The second-order valence-electron chi connectivity index (χ2n) is 6.18. The molecule has 0 aliphatic heterocycles. The summed E-state index contributed by atoms with van der Waals surface area (Å²) in [6, 6.07) is 14.6. The van der Waals surface area contributed by atoms with Crippen molar-refractivity contribution in [3.05, 3.63) is 54.1 Å².